The van der Waals surface area contributed by atoms with Crippen molar-refractivity contribution in [3.63, 3.8) is 0 Å². The van der Waals surface area contributed by atoms with Gasteiger partial charge in [0.15, 0.2) is 0 Å². The molecule has 1 amide bonds. The lowest BCUT2D eigenvalue weighted by Crippen LogP contribution is -2.44. The number of aliphatic carboxylic acids is 1. The summed E-state index contributed by atoms with van der Waals surface area (Å²) >= 11 is 0. The average Bonchev–Trinajstić information content (AvgIpc) is 3.11. The van der Waals surface area contributed by atoms with Crippen LogP contribution in [0.4, 0.5) is 0 Å². The Balaban J connectivity index is 1.91. The molecular formula is C12H19NO3. The number of hydrogen-bond acceptors (Lipinski definition) is 2. The Morgan fingerprint density at radius 1 is 1.19 bits per heavy atom. The van der Waals surface area contributed by atoms with Crippen molar-refractivity contribution in [3.8, 4) is 0 Å². The molecule has 2 rings (SSSR count). The first-order valence-electron chi connectivity index (χ1n) is 6.15. The number of rotatable bonds is 4. The molecule has 90 valence electrons. The van der Waals surface area contributed by atoms with Gasteiger partial charge in [0.1, 0.15) is 0 Å². The lowest BCUT2D eigenvalue weighted by Gasteiger charge is -2.33. The van der Waals surface area contributed by atoms with Gasteiger partial charge in [-0.25, -0.2) is 0 Å². The minimum absolute atomic E-state index is 0.0474. The van der Waals surface area contributed by atoms with Crippen molar-refractivity contribution in [3.05, 3.63) is 0 Å². The minimum Gasteiger partial charge on any atom is -0.481 e. The third kappa shape index (κ3) is 2.36. The van der Waals surface area contributed by atoms with Crippen molar-refractivity contribution in [2.75, 3.05) is 6.54 Å². The van der Waals surface area contributed by atoms with Gasteiger partial charge in [-0.15, -0.1) is 0 Å². The number of nitrogens with one attached hydrogen (secondary N) is 1. The van der Waals surface area contributed by atoms with Crippen molar-refractivity contribution in [2.45, 2.75) is 44.9 Å². The van der Waals surface area contributed by atoms with E-state index in [1.807, 2.05) is 0 Å². The molecular weight excluding hydrogens is 206 g/mol. The fourth-order valence-corrected chi connectivity index (χ4v) is 2.44. The fourth-order valence-electron chi connectivity index (χ4n) is 2.44. The van der Waals surface area contributed by atoms with E-state index in [-0.39, 0.29) is 11.8 Å². The molecule has 2 N–H and O–H groups in total. The Labute approximate surface area is 95.4 Å². The second kappa shape index (κ2) is 4.44. The normalized spacial score (nSPS) is 23.8. The molecule has 0 aromatic rings. The number of carbonyl (C=O) groups excluding carboxylic acids is 1. The van der Waals surface area contributed by atoms with Gasteiger partial charge in [0.25, 0.3) is 0 Å². The quantitative estimate of drug-likeness (QED) is 0.762. The van der Waals surface area contributed by atoms with E-state index in [9.17, 15) is 14.7 Å². The third-order valence-corrected chi connectivity index (χ3v) is 3.81. The van der Waals surface area contributed by atoms with Gasteiger partial charge in [0.05, 0.1) is 5.41 Å². The predicted octanol–water partition coefficient (Wildman–Crippen LogP) is 1.55. The molecule has 0 spiro atoms. The molecule has 16 heavy (non-hydrogen) atoms. The number of carboxylic acid groups (broad SMARTS) is 1. The van der Waals surface area contributed by atoms with Gasteiger partial charge in [0, 0.05) is 12.5 Å². The second-order valence-corrected chi connectivity index (χ2v) is 5.14. The van der Waals surface area contributed by atoms with Crippen LogP contribution < -0.4 is 5.32 Å². The number of amides is 1. The van der Waals surface area contributed by atoms with E-state index >= 15 is 0 Å². The van der Waals surface area contributed by atoms with Crippen LogP contribution in [0.2, 0.25) is 0 Å². The molecule has 0 aromatic heterocycles. The number of carboxylic acids is 1. The van der Waals surface area contributed by atoms with E-state index in [4.69, 9.17) is 0 Å². The lowest BCUT2D eigenvalue weighted by molar-refractivity contribution is -0.151. The Morgan fingerprint density at radius 2 is 1.81 bits per heavy atom. The van der Waals surface area contributed by atoms with Crippen LogP contribution in [0.3, 0.4) is 0 Å². The Bertz CT molecular complexity index is 291. The zero-order valence-corrected chi connectivity index (χ0v) is 9.50. The molecule has 0 aliphatic heterocycles. The van der Waals surface area contributed by atoms with E-state index in [1.165, 1.54) is 0 Å². The molecule has 4 heteroatoms. The van der Waals surface area contributed by atoms with Crippen molar-refractivity contribution < 1.29 is 14.7 Å². The highest BCUT2D eigenvalue weighted by atomic mass is 16.4. The lowest BCUT2D eigenvalue weighted by atomic mass is 9.74. The van der Waals surface area contributed by atoms with Crippen molar-refractivity contribution in [2.24, 2.45) is 11.3 Å². The molecule has 0 aromatic carbocycles. The molecule has 0 saturated heterocycles. The highest BCUT2D eigenvalue weighted by Crippen LogP contribution is 2.36. The maximum absolute atomic E-state index is 11.5. The van der Waals surface area contributed by atoms with E-state index in [0.717, 1.165) is 32.1 Å². The number of hydrogen-bond donors (Lipinski definition) is 2. The van der Waals surface area contributed by atoms with Crippen molar-refractivity contribution in [1.82, 2.24) is 5.32 Å². The molecule has 2 aliphatic carbocycles. The van der Waals surface area contributed by atoms with Gasteiger partial charge in [-0.3, -0.25) is 9.59 Å². The summed E-state index contributed by atoms with van der Waals surface area (Å²) in [5.41, 5.74) is -0.692. The summed E-state index contributed by atoms with van der Waals surface area (Å²) in [7, 11) is 0. The monoisotopic (exact) mass is 225 g/mol. The van der Waals surface area contributed by atoms with Crippen molar-refractivity contribution >= 4 is 11.9 Å². The first-order valence-corrected chi connectivity index (χ1v) is 6.15. The maximum Gasteiger partial charge on any atom is 0.311 e. The van der Waals surface area contributed by atoms with E-state index in [2.05, 4.69) is 5.32 Å². The van der Waals surface area contributed by atoms with Crippen LogP contribution >= 0.6 is 0 Å². The smallest absolute Gasteiger partial charge is 0.311 e. The molecule has 2 saturated carbocycles. The highest BCUT2D eigenvalue weighted by molar-refractivity contribution is 5.82. The van der Waals surface area contributed by atoms with Crippen LogP contribution in [-0.4, -0.2) is 23.5 Å². The van der Waals surface area contributed by atoms with Crippen LogP contribution in [0.15, 0.2) is 0 Å². The summed E-state index contributed by atoms with van der Waals surface area (Å²) in [5.74, 6) is -0.538. The summed E-state index contributed by atoms with van der Waals surface area (Å²) in [4.78, 5) is 22.8. The zero-order chi connectivity index (χ0) is 11.6. The first-order chi connectivity index (χ1) is 7.64. The molecule has 2 fully saturated rings. The van der Waals surface area contributed by atoms with Gasteiger partial charge in [-0.2, -0.15) is 0 Å². The largest absolute Gasteiger partial charge is 0.481 e. The van der Waals surface area contributed by atoms with Crippen LogP contribution in [0, 0.1) is 11.3 Å². The van der Waals surface area contributed by atoms with Crippen molar-refractivity contribution in [1.29, 1.82) is 0 Å². The van der Waals surface area contributed by atoms with Gasteiger partial charge >= 0.3 is 5.97 Å². The molecule has 0 unspecified atom stereocenters. The van der Waals surface area contributed by atoms with E-state index in [0.29, 0.717) is 19.4 Å². The summed E-state index contributed by atoms with van der Waals surface area (Å²) in [6.45, 7) is 0.317. The SMILES string of the molecule is O=C(NCC1(C(=O)O)CCCCC1)C1CC1. The van der Waals surface area contributed by atoms with Gasteiger partial charge in [0.2, 0.25) is 5.91 Å². The summed E-state index contributed by atoms with van der Waals surface area (Å²) in [5, 5.41) is 12.1. The summed E-state index contributed by atoms with van der Waals surface area (Å²) in [6, 6.07) is 0. The van der Waals surface area contributed by atoms with Gasteiger partial charge < -0.3 is 10.4 Å². The van der Waals surface area contributed by atoms with Crippen LogP contribution in [-0.2, 0) is 9.59 Å². The molecule has 2 aliphatic rings. The summed E-state index contributed by atoms with van der Waals surface area (Å²) < 4.78 is 0. The maximum atomic E-state index is 11.5. The van der Waals surface area contributed by atoms with E-state index in [1.54, 1.807) is 0 Å². The molecule has 4 nitrogen and oxygen atoms in total. The first kappa shape index (κ1) is 11.4. The minimum atomic E-state index is -0.747. The van der Waals surface area contributed by atoms with Gasteiger partial charge in [-0.1, -0.05) is 19.3 Å². The highest BCUT2D eigenvalue weighted by Gasteiger charge is 2.40. The molecule has 0 bridgehead atoms. The Kier molecular flexibility index (Phi) is 3.17. The van der Waals surface area contributed by atoms with Crippen LogP contribution in [0.25, 0.3) is 0 Å². The summed E-state index contributed by atoms with van der Waals surface area (Å²) in [6.07, 6.45) is 6.38. The molecule has 0 radical (unpaired) electrons. The van der Waals surface area contributed by atoms with Gasteiger partial charge in [-0.05, 0) is 25.7 Å². The average molecular weight is 225 g/mol. The molecule has 0 atom stereocenters. The van der Waals surface area contributed by atoms with Crippen LogP contribution in [0.5, 0.6) is 0 Å². The van der Waals surface area contributed by atoms with Crippen LogP contribution in [0.1, 0.15) is 44.9 Å². The standard InChI is InChI=1S/C12H19NO3/c14-10(9-4-5-9)13-8-12(11(15)16)6-2-1-3-7-12/h9H,1-8H2,(H,13,14)(H,15,16). The third-order valence-electron chi connectivity index (χ3n) is 3.81. The number of carbonyl (C=O) groups is 2. The fraction of sp³-hybridized carbons (Fsp3) is 0.833. The second-order valence-electron chi connectivity index (χ2n) is 5.14. The topological polar surface area (TPSA) is 66.4 Å². The Morgan fingerprint density at radius 3 is 2.31 bits per heavy atom. The zero-order valence-electron chi connectivity index (χ0n) is 9.50. The van der Waals surface area contributed by atoms with E-state index < -0.39 is 11.4 Å². The Hall–Kier alpha value is -1.06. The predicted molar refractivity (Wildman–Crippen MR) is 58.9 cm³/mol. The molecule has 0 heterocycles.